The molecule has 0 aliphatic carbocycles. The van der Waals surface area contributed by atoms with Gasteiger partial charge in [0, 0.05) is 31.1 Å². The van der Waals surface area contributed by atoms with Gasteiger partial charge in [0.05, 0.1) is 0.594 Å². The van der Waals surface area contributed by atoms with E-state index in [0.717, 1.165) is 7.51 Å². The second-order valence-corrected chi connectivity index (χ2v) is 3.93. The van der Waals surface area contributed by atoms with Gasteiger partial charge in [0.1, 0.15) is 0 Å². The smallest absolute Gasteiger partial charge is 0.0775 e. The number of halogens is 2. The fourth-order valence-electron chi connectivity index (χ4n) is 0.0138. The SMILES string of the molecule is S=P[N]=[V][I].[3H]I=[N-].[U]. The van der Waals surface area contributed by atoms with E-state index in [1.165, 1.54) is 0 Å². The minimum absolute atomic E-state index is 0. The number of hydrogen-bond acceptors (Lipinski definition) is 1. The maximum Gasteiger partial charge on any atom is 0.0775 e. The molecule has 0 aliphatic heterocycles. The van der Waals surface area contributed by atoms with Gasteiger partial charge in [-0.15, -0.1) is 0 Å². The molecule has 2 nitrogen and oxygen atoms in total. The van der Waals surface area contributed by atoms with Gasteiger partial charge in [-0.3, -0.25) is 0 Å². The molecule has 0 saturated heterocycles. The molecule has 0 rings (SSSR count). The van der Waals surface area contributed by atoms with Gasteiger partial charge in [-0.1, -0.05) is 0 Å². The van der Waals surface area contributed by atoms with Crippen LogP contribution >= 0.6 is 49.7 Å². The predicted octanol–water partition coefficient (Wildman–Crippen LogP) is 2.83. The molecular formula is HI2N2PSUV-. The fourth-order valence-corrected chi connectivity index (χ4v) is 3.44. The van der Waals surface area contributed by atoms with Crippen molar-refractivity contribution >= 4 is 61.5 Å². The van der Waals surface area contributed by atoms with Crippen LogP contribution in [-0.2, 0) is 24.5 Å². The van der Waals surface area contributed by atoms with Gasteiger partial charge >= 0.3 is 55.5 Å². The standard InChI is InChI=1S/HIN.HI.NPS.U.V/c1-2;;1-2-3;;/h1H;1H;;;/q-1;;;;+1/p-1/i1T;;;;. The maximum atomic E-state index is 7.35. The first-order valence-corrected chi connectivity index (χ1v) is 8.88. The van der Waals surface area contributed by atoms with Crippen LogP contribution in [0.25, 0.3) is 3.56 Å². The summed E-state index contributed by atoms with van der Waals surface area (Å²) >= 11 is 5.75. The Labute approximate surface area is 111 Å². The molecule has 0 bridgehead atoms. The van der Waals surface area contributed by atoms with Crippen molar-refractivity contribution in [2.45, 2.75) is 0 Å². The van der Waals surface area contributed by atoms with Crippen molar-refractivity contribution in [3.63, 3.8) is 0 Å². The second-order valence-electron chi connectivity index (χ2n) is 0.247. The van der Waals surface area contributed by atoms with E-state index >= 15 is 0 Å². The molecule has 0 aromatic rings. The van der Waals surface area contributed by atoms with Crippen molar-refractivity contribution in [3.8, 4) is 0 Å². The van der Waals surface area contributed by atoms with Crippen LogP contribution in [0.4, 0.5) is 0 Å². The molecule has 0 aliphatic rings. The summed E-state index contributed by atoms with van der Waals surface area (Å²) in [7, 11) is 0.772. The van der Waals surface area contributed by atoms with Crippen LogP contribution in [-0.4, -0.2) is 0.594 Å². The second kappa shape index (κ2) is 22.5. The molecule has 0 N–H and O–H groups in total. The average molecular weight is 637 g/mol. The first-order valence-electron chi connectivity index (χ1n) is 1.30. The number of hydrogen-bond donors (Lipinski definition) is 0. The molecule has 0 aromatic heterocycles. The molecule has 0 unspecified atom stereocenters. The number of nitrogens with zero attached hydrogens (tertiary/aromatic N) is 2. The van der Waals surface area contributed by atoms with Crippen LogP contribution in [0.5, 0.6) is 0 Å². The van der Waals surface area contributed by atoms with Crippen molar-refractivity contribution in [2.24, 2.45) is 3.56 Å². The summed E-state index contributed by atoms with van der Waals surface area (Å²) in [5.74, 6) is 0. The van der Waals surface area contributed by atoms with E-state index in [0.29, 0.717) is 0 Å². The largest absolute Gasteiger partial charge is 0.777 e. The summed E-state index contributed by atoms with van der Waals surface area (Å²) in [6.45, 7) is 0. The quantitative estimate of drug-likeness (QED) is 0.322. The molecule has 0 spiro atoms. The molecule has 0 heterocycles. The Morgan fingerprint density at radius 2 is 2.50 bits per heavy atom. The van der Waals surface area contributed by atoms with Gasteiger partial charge in [-0.05, 0) is 0 Å². The molecule has 0 saturated carbocycles. The Morgan fingerprint density at radius 1 is 2.12 bits per heavy atom. The Hall–Kier alpha value is 3.22. The fraction of sp³-hybridized carbons (Fsp3) is 0. The molecule has 0 fully saturated rings. The van der Waals surface area contributed by atoms with Gasteiger partial charge in [0.2, 0.25) is 0 Å². The van der Waals surface area contributed by atoms with E-state index in [-0.39, 0.29) is 43.8 Å². The zero-order valence-electron chi connectivity index (χ0n) is 4.45. The molecule has 8 heteroatoms. The molecule has 46 valence electrons. The van der Waals surface area contributed by atoms with Crippen molar-refractivity contribution in [1.29, 1.82) is 0.594 Å². The Bertz CT molecular complexity index is 92.6. The predicted molar refractivity (Wildman–Crippen MR) is 49.5 cm³/mol. The van der Waals surface area contributed by atoms with Crippen molar-refractivity contribution in [2.75, 3.05) is 0 Å². The van der Waals surface area contributed by atoms with Crippen molar-refractivity contribution in [3.05, 3.63) is 3.56 Å². The first-order chi connectivity index (χ1) is 3.83. The van der Waals surface area contributed by atoms with Crippen molar-refractivity contribution in [1.82, 2.24) is 0 Å². The third-order valence-corrected chi connectivity index (χ3v) is 4.16. The minimum atomic E-state index is -1.16. The topological polar surface area (TPSA) is 34.7 Å². The van der Waals surface area contributed by atoms with Crippen LogP contribution in [0.1, 0.15) is 0 Å². The molecule has 8 heavy (non-hydrogen) atoms. The molecule has 0 amide bonds. The molecule has 0 aromatic carbocycles. The third-order valence-electron chi connectivity index (χ3n) is 0.0703. The van der Waals surface area contributed by atoms with E-state index in [9.17, 15) is 0 Å². The normalized spacial score (nSPS) is 8.88. The van der Waals surface area contributed by atoms with Crippen LogP contribution in [0.15, 0.2) is 3.56 Å². The van der Waals surface area contributed by atoms with Crippen LogP contribution < -0.4 is 0 Å². The average Bonchev–Trinajstić information content (AvgIpc) is 1.71. The van der Waals surface area contributed by atoms with E-state index in [4.69, 9.17) is 4.16 Å². The summed E-state index contributed by atoms with van der Waals surface area (Å²) in [5.41, 5.74) is 0. The van der Waals surface area contributed by atoms with E-state index < -0.39 is 22.2 Å². The Morgan fingerprint density at radius 3 is 2.50 bits per heavy atom. The van der Waals surface area contributed by atoms with Gasteiger partial charge in [-0.2, -0.15) is 0 Å². The Kier molecular flexibility index (Phi) is 38.7. The van der Waals surface area contributed by atoms with E-state index in [2.05, 4.69) is 35.3 Å². The Balaban J connectivity index is -0.0000000800. The van der Waals surface area contributed by atoms with Gasteiger partial charge in [-0.25, -0.2) is 0 Å². The molecule has 0 radical (unpaired) electrons. The van der Waals surface area contributed by atoms with Gasteiger partial charge in [0.15, 0.2) is 0 Å². The third kappa shape index (κ3) is 22.9. The maximum absolute atomic E-state index is 7.35. The molecular weight excluding hydrogens is 634 g/mol. The van der Waals surface area contributed by atoms with E-state index in [1.54, 1.807) is 0 Å². The van der Waals surface area contributed by atoms with Crippen LogP contribution in [0.3, 0.4) is 0 Å². The molecule has 0 atom stereocenters. The zero-order valence-corrected chi connectivity index (χ0v) is 15.0. The summed E-state index contributed by atoms with van der Waals surface area (Å²) in [4.78, 5) is 0. The number of rotatable bonds is 1. The zero-order chi connectivity index (χ0) is 6.83. The summed E-state index contributed by atoms with van der Waals surface area (Å²) in [5, 5.41) is 0. The first kappa shape index (κ1) is 13.8. The summed E-state index contributed by atoms with van der Waals surface area (Å²) < 4.78 is 17.1. The van der Waals surface area contributed by atoms with Crippen LogP contribution in [0, 0.1) is 31.1 Å². The van der Waals surface area contributed by atoms with E-state index in [1.807, 2.05) is 0 Å². The van der Waals surface area contributed by atoms with Gasteiger partial charge < -0.3 is 25.8 Å². The van der Waals surface area contributed by atoms with Crippen molar-refractivity contribution < 1.29 is 43.8 Å². The minimum Gasteiger partial charge on any atom is -0.777 e. The summed E-state index contributed by atoms with van der Waals surface area (Å²) in [6, 6.07) is 0. The van der Waals surface area contributed by atoms with Crippen LogP contribution in [0.2, 0.25) is 0 Å². The van der Waals surface area contributed by atoms with Gasteiger partial charge in [0.25, 0.3) is 0 Å². The summed E-state index contributed by atoms with van der Waals surface area (Å²) in [6.07, 6.45) is 0. The monoisotopic (exact) mass is 637 g/mol.